The second-order valence-electron chi connectivity index (χ2n) is 7.99. The highest BCUT2D eigenvalue weighted by Crippen LogP contribution is 2.33. The molecule has 0 saturated carbocycles. The van der Waals surface area contributed by atoms with Crippen LogP contribution >= 0.6 is 22.9 Å². The number of sulfonamides is 1. The molecule has 1 aliphatic rings. The van der Waals surface area contributed by atoms with E-state index in [1.807, 2.05) is 24.3 Å². The Kier molecular flexibility index (Phi) is 7.48. The molecule has 1 aromatic carbocycles. The molecule has 0 unspecified atom stereocenters. The molecule has 174 valence electrons. The van der Waals surface area contributed by atoms with Crippen LogP contribution in [0.1, 0.15) is 36.0 Å². The van der Waals surface area contributed by atoms with Gasteiger partial charge < -0.3 is 4.74 Å². The van der Waals surface area contributed by atoms with Crippen LogP contribution in [0.25, 0.3) is 10.6 Å². The highest BCUT2D eigenvalue weighted by atomic mass is 35.5. The number of aromatic nitrogens is 1. The largest absolute Gasteiger partial charge is 0.495 e. The standard InChI is InChI=1S/C24H25ClN2O4S2/c1-31-22-16-18(6-7-19(22)25)21(28)8-5-17-11-14-27(15-12-17)33(29,30)24-10-9-23(32-24)20-4-2-3-13-26-20/h2-4,6-7,9-10,13,16-17H,5,8,11-12,14-15H2,1H3. The number of ketones is 1. The van der Waals surface area contributed by atoms with Crippen LogP contribution in [0.2, 0.25) is 5.02 Å². The summed E-state index contributed by atoms with van der Waals surface area (Å²) in [6.07, 6.45) is 4.34. The monoisotopic (exact) mass is 504 g/mol. The van der Waals surface area contributed by atoms with E-state index in [0.717, 1.165) is 29.8 Å². The van der Waals surface area contributed by atoms with Gasteiger partial charge in [0, 0.05) is 31.3 Å². The van der Waals surface area contributed by atoms with E-state index in [9.17, 15) is 13.2 Å². The van der Waals surface area contributed by atoms with Crippen LogP contribution in [-0.4, -0.2) is 43.7 Å². The molecule has 1 fully saturated rings. The van der Waals surface area contributed by atoms with Crippen molar-refractivity contribution in [3.63, 3.8) is 0 Å². The van der Waals surface area contributed by atoms with Crippen molar-refractivity contribution < 1.29 is 17.9 Å². The van der Waals surface area contributed by atoms with Crippen molar-refractivity contribution in [3.8, 4) is 16.3 Å². The Morgan fingerprint density at radius 1 is 1.18 bits per heavy atom. The maximum absolute atomic E-state index is 13.1. The van der Waals surface area contributed by atoms with Gasteiger partial charge in [-0.05, 0) is 67.6 Å². The van der Waals surface area contributed by atoms with Gasteiger partial charge in [-0.1, -0.05) is 17.7 Å². The number of hydrogen-bond acceptors (Lipinski definition) is 6. The number of hydrogen-bond donors (Lipinski definition) is 0. The van der Waals surface area contributed by atoms with E-state index in [-0.39, 0.29) is 5.78 Å². The number of methoxy groups -OCH3 is 1. The highest BCUT2D eigenvalue weighted by Gasteiger charge is 2.30. The van der Waals surface area contributed by atoms with Gasteiger partial charge in [-0.25, -0.2) is 8.42 Å². The summed E-state index contributed by atoms with van der Waals surface area (Å²) in [5.41, 5.74) is 1.35. The summed E-state index contributed by atoms with van der Waals surface area (Å²) in [4.78, 5) is 17.7. The molecule has 6 nitrogen and oxygen atoms in total. The normalized spacial score (nSPS) is 15.5. The molecule has 2 aromatic heterocycles. The van der Waals surface area contributed by atoms with E-state index in [1.54, 1.807) is 34.8 Å². The number of pyridine rings is 1. The lowest BCUT2D eigenvalue weighted by Crippen LogP contribution is -2.38. The first-order valence-corrected chi connectivity index (χ1v) is 13.4. The van der Waals surface area contributed by atoms with Gasteiger partial charge in [0.05, 0.1) is 22.7 Å². The van der Waals surface area contributed by atoms with Crippen LogP contribution in [0.3, 0.4) is 0 Å². The minimum atomic E-state index is -3.53. The number of carbonyl (C=O) groups excluding carboxylic acids is 1. The second kappa shape index (κ2) is 10.3. The van der Waals surface area contributed by atoms with Gasteiger partial charge in [-0.3, -0.25) is 9.78 Å². The zero-order valence-corrected chi connectivity index (χ0v) is 20.6. The maximum Gasteiger partial charge on any atom is 0.252 e. The van der Waals surface area contributed by atoms with Gasteiger partial charge in [0.25, 0.3) is 10.0 Å². The number of piperidine rings is 1. The smallest absolute Gasteiger partial charge is 0.252 e. The minimum Gasteiger partial charge on any atom is -0.495 e. The molecule has 1 aliphatic heterocycles. The SMILES string of the molecule is COc1cc(C(=O)CCC2CCN(S(=O)(=O)c3ccc(-c4ccccn4)s3)CC2)ccc1Cl. The molecule has 0 N–H and O–H groups in total. The fraction of sp³-hybridized carbons (Fsp3) is 0.333. The van der Waals surface area contributed by atoms with Gasteiger partial charge in [-0.2, -0.15) is 4.31 Å². The summed E-state index contributed by atoms with van der Waals surface area (Å²) in [5.74, 6) is 0.850. The minimum absolute atomic E-state index is 0.0423. The van der Waals surface area contributed by atoms with Crippen molar-refractivity contribution in [2.24, 2.45) is 5.92 Å². The highest BCUT2D eigenvalue weighted by molar-refractivity contribution is 7.91. The molecule has 33 heavy (non-hydrogen) atoms. The van der Waals surface area contributed by atoms with Gasteiger partial charge in [0.1, 0.15) is 9.96 Å². The predicted molar refractivity (Wildman–Crippen MR) is 131 cm³/mol. The summed E-state index contributed by atoms with van der Waals surface area (Å²) in [6.45, 7) is 0.930. The lowest BCUT2D eigenvalue weighted by Gasteiger charge is -2.30. The number of halogens is 1. The van der Waals surface area contributed by atoms with E-state index >= 15 is 0 Å². The molecule has 4 rings (SSSR count). The van der Waals surface area contributed by atoms with E-state index in [1.165, 1.54) is 18.4 Å². The van der Waals surface area contributed by atoms with Crippen LogP contribution in [0.4, 0.5) is 0 Å². The van der Waals surface area contributed by atoms with E-state index in [0.29, 0.717) is 46.0 Å². The van der Waals surface area contributed by atoms with Crippen molar-refractivity contribution in [2.45, 2.75) is 29.9 Å². The van der Waals surface area contributed by atoms with E-state index in [4.69, 9.17) is 16.3 Å². The third-order valence-corrected chi connectivity index (χ3v) is 9.71. The second-order valence-corrected chi connectivity index (χ2v) is 11.6. The Morgan fingerprint density at radius 2 is 1.97 bits per heavy atom. The lowest BCUT2D eigenvalue weighted by molar-refractivity contribution is 0.0967. The van der Waals surface area contributed by atoms with Crippen LogP contribution in [0.15, 0.2) is 58.9 Å². The first-order chi connectivity index (χ1) is 15.9. The summed E-state index contributed by atoms with van der Waals surface area (Å²) < 4.78 is 33.3. The third kappa shape index (κ3) is 5.46. The topological polar surface area (TPSA) is 76.6 Å². The van der Waals surface area contributed by atoms with Crippen molar-refractivity contribution >= 4 is 38.7 Å². The number of benzene rings is 1. The van der Waals surface area contributed by atoms with Gasteiger partial charge in [0.15, 0.2) is 5.78 Å². The molecule has 0 atom stereocenters. The number of rotatable bonds is 8. The van der Waals surface area contributed by atoms with Crippen molar-refractivity contribution in [1.29, 1.82) is 0 Å². The quantitative estimate of drug-likeness (QED) is 0.377. The average molecular weight is 505 g/mol. The van der Waals surface area contributed by atoms with Crippen molar-refractivity contribution in [2.75, 3.05) is 20.2 Å². The molecule has 0 amide bonds. The molecule has 0 radical (unpaired) electrons. The molecular weight excluding hydrogens is 480 g/mol. The average Bonchev–Trinajstić information content (AvgIpc) is 3.35. The van der Waals surface area contributed by atoms with Gasteiger partial charge >= 0.3 is 0 Å². The van der Waals surface area contributed by atoms with Crippen LogP contribution in [-0.2, 0) is 10.0 Å². The molecule has 0 bridgehead atoms. The van der Waals surface area contributed by atoms with Gasteiger partial charge in [-0.15, -0.1) is 11.3 Å². The molecule has 3 heterocycles. The molecule has 0 aliphatic carbocycles. The third-order valence-electron chi connectivity index (χ3n) is 5.92. The Bertz CT molecular complexity index is 1220. The zero-order chi connectivity index (χ0) is 23.4. The fourth-order valence-electron chi connectivity index (χ4n) is 3.98. The van der Waals surface area contributed by atoms with Crippen LogP contribution < -0.4 is 4.74 Å². The van der Waals surface area contributed by atoms with Gasteiger partial charge in [0.2, 0.25) is 0 Å². The van der Waals surface area contributed by atoms with E-state index in [2.05, 4.69) is 4.98 Å². The summed E-state index contributed by atoms with van der Waals surface area (Å²) >= 11 is 7.28. The maximum atomic E-state index is 13.1. The Morgan fingerprint density at radius 3 is 2.67 bits per heavy atom. The van der Waals surface area contributed by atoms with E-state index < -0.39 is 10.0 Å². The predicted octanol–water partition coefficient (Wildman–Crippen LogP) is 5.54. The van der Waals surface area contributed by atoms with Crippen LogP contribution in [0.5, 0.6) is 5.75 Å². The van der Waals surface area contributed by atoms with Crippen molar-refractivity contribution in [1.82, 2.24) is 9.29 Å². The fourth-order valence-corrected chi connectivity index (χ4v) is 7.09. The summed E-state index contributed by atoms with van der Waals surface area (Å²) in [5, 5.41) is 0.473. The van der Waals surface area contributed by atoms with Crippen LogP contribution in [0, 0.1) is 5.92 Å². The Hall–Kier alpha value is -2.26. The number of carbonyl (C=O) groups is 1. The number of nitrogens with zero attached hydrogens (tertiary/aromatic N) is 2. The summed E-state index contributed by atoms with van der Waals surface area (Å²) in [6, 6.07) is 14.1. The Labute approximate surface area is 203 Å². The number of thiophene rings is 1. The first-order valence-electron chi connectivity index (χ1n) is 10.8. The summed E-state index contributed by atoms with van der Waals surface area (Å²) in [7, 11) is -2.01. The van der Waals surface area contributed by atoms with Crippen molar-refractivity contribution in [3.05, 3.63) is 65.3 Å². The number of ether oxygens (including phenoxy) is 1. The zero-order valence-electron chi connectivity index (χ0n) is 18.2. The lowest BCUT2D eigenvalue weighted by atomic mass is 9.91. The first kappa shape index (κ1) is 23.9. The number of Topliss-reactive ketones (excluding diaryl/α,β-unsaturated/α-hetero) is 1. The molecule has 0 spiro atoms. The molecule has 3 aromatic rings. The molecule has 1 saturated heterocycles. The molecular formula is C24H25ClN2O4S2. The molecule has 9 heteroatoms. The Balaban J connectivity index is 1.32.